The summed E-state index contributed by atoms with van der Waals surface area (Å²) in [6.07, 6.45) is -4.47. The minimum Gasteiger partial charge on any atom is -0.315 e. The molecule has 38 heavy (non-hydrogen) atoms. The van der Waals surface area contributed by atoms with Crippen molar-refractivity contribution in [3.8, 4) is 5.69 Å². The lowest BCUT2D eigenvalue weighted by Gasteiger charge is -2.24. The Balaban J connectivity index is 1.80. The van der Waals surface area contributed by atoms with Crippen LogP contribution >= 0.6 is 0 Å². The summed E-state index contributed by atoms with van der Waals surface area (Å²) >= 11 is 0. The quantitative estimate of drug-likeness (QED) is 0.361. The molecule has 0 unspecified atom stereocenters. The largest absolute Gasteiger partial charge is 0.416 e. The molecular weight excluding hydrogens is 495 g/mol. The van der Waals surface area contributed by atoms with Gasteiger partial charge < -0.3 is 15.5 Å². The van der Waals surface area contributed by atoms with Gasteiger partial charge in [0.15, 0.2) is 0 Å². The van der Waals surface area contributed by atoms with Gasteiger partial charge in [-0.3, -0.25) is 4.79 Å². The molecule has 0 spiro atoms. The van der Waals surface area contributed by atoms with Crippen molar-refractivity contribution in [2.75, 3.05) is 23.7 Å². The fourth-order valence-corrected chi connectivity index (χ4v) is 3.78. The smallest absolute Gasteiger partial charge is 0.315 e. The van der Waals surface area contributed by atoms with Gasteiger partial charge in [-0.1, -0.05) is 52.8 Å². The number of benzene rings is 2. The molecule has 3 rings (SSSR count). The van der Waals surface area contributed by atoms with Crippen molar-refractivity contribution in [1.82, 2.24) is 14.7 Å². The van der Waals surface area contributed by atoms with Crippen LogP contribution in [0.3, 0.4) is 0 Å². The summed E-state index contributed by atoms with van der Waals surface area (Å²) in [5, 5.41) is 10.2. The summed E-state index contributed by atoms with van der Waals surface area (Å²) in [6.45, 7) is 11.9. The van der Waals surface area contributed by atoms with E-state index in [9.17, 15) is 22.8 Å². The Hall–Kier alpha value is -3.82. The van der Waals surface area contributed by atoms with Gasteiger partial charge in [-0.2, -0.15) is 18.3 Å². The molecule has 0 aliphatic heterocycles. The van der Waals surface area contributed by atoms with E-state index in [1.165, 1.54) is 17.0 Å². The van der Waals surface area contributed by atoms with E-state index in [-0.39, 0.29) is 30.1 Å². The van der Waals surface area contributed by atoms with Crippen LogP contribution in [0.1, 0.15) is 51.4 Å². The topological polar surface area (TPSA) is 79.3 Å². The number of amides is 3. The second-order valence-corrected chi connectivity index (χ2v) is 10.7. The molecule has 204 valence electrons. The van der Waals surface area contributed by atoms with Crippen LogP contribution in [0.4, 0.5) is 29.5 Å². The highest BCUT2D eigenvalue weighted by molar-refractivity contribution is 5.96. The van der Waals surface area contributed by atoms with E-state index in [0.29, 0.717) is 5.82 Å². The first-order valence-electron chi connectivity index (χ1n) is 12.3. The normalized spacial score (nSPS) is 11.9. The minimum absolute atomic E-state index is 0.0474. The van der Waals surface area contributed by atoms with Crippen molar-refractivity contribution in [2.45, 2.75) is 53.1 Å². The van der Waals surface area contributed by atoms with Crippen LogP contribution < -0.4 is 10.6 Å². The van der Waals surface area contributed by atoms with Gasteiger partial charge in [-0.05, 0) is 48.7 Å². The Labute approximate surface area is 221 Å². The number of carbonyl (C=O) groups is 2. The number of hydrogen-bond acceptors (Lipinski definition) is 3. The van der Waals surface area contributed by atoms with Gasteiger partial charge >= 0.3 is 12.2 Å². The molecule has 2 N–H and O–H groups in total. The number of halogens is 3. The average molecular weight is 530 g/mol. The predicted molar refractivity (Wildman–Crippen MR) is 143 cm³/mol. The zero-order valence-electron chi connectivity index (χ0n) is 22.5. The summed E-state index contributed by atoms with van der Waals surface area (Å²) < 4.78 is 40.2. The number of aromatic nitrogens is 2. The molecule has 0 saturated heterocycles. The third-order valence-corrected chi connectivity index (χ3v) is 5.76. The van der Waals surface area contributed by atoms with Gasteiger partial charge in [-0.25, -0.2) is 9.48 Å². The van der Waals surface area contributed by atoms with E-state index in [1.54, 1.807) is 4.68 Å². The van der Waals surface area contributed by atoms with E-state index in [2.05, 4.69) is 10.6 Å². The first-order chi connectivity index (χ1) is 17.6. The van der Waals surface area contributed by atoms with Crippen LogP contribution in [0.25, 0.3) is 5.69 Å². The fourth-order valence-electron chi connectivity index (χ4n) is 3.78. The third-order valence-electron chi connectivity index (χ3n) is 5.76. The highest BCUT2D eigenvalue weighted by Gasteiger charge is 2.30. The van der Waals surface area contributed by atoms with Crippen molar-refractivity contribution >= 4 is 23.4 Å². The van der Waals surface area contributed by atoms with Gasteiger partial charge in [0.1, 0.15) is 12.4 Å². The summed E-state index contributed by atoms with van der Waals surface area (Å²) in [5.41, 5.74) is 1.70. The number of aryl methyl sites for hydroxylation is 1. The van der Waals surface area contributed by atoms with Crippen LogP contribution in [-0.2, 0) is 16.4 Å². The molecule has 10 heteroatoms. The van der Waals surface area contributed by atoms with E-state index in [0.717, 1.165) is 29.1 Å². The maximum Gasteiger partial charge on any atom is 0.416 e. The number of anilines is 2. The Morgan fingerprint density at radius 1 is 1.00 bits per heavy atom. The van der Waals surface area contributed by atoms with Gasteiger partial charge in [0, 0.05) is 23.7 Å². The standard InChI is InChI=1S/C28H34F3N5O2/c1-18(2)16-35(26(38)32-21-13-11-20(12-14-21)28(29,30)31)17-25(37)33-24-15-23(27(4,5)6)34-36(24)22-10-8-7-9-19(22)3/h7-15,18H,16-17H2,1-6H3,(H,32,38)(H,33,37). The monoisotopic (exact) mass is 529 g/mol. The average Bonchev–Trinajstić information content (AvgIpc) is 3.22. The van der Waals surface area contributed by atoms with Crippen molar-refractivity contribution in [3.05, 3.63) is 71.4 Å². The Morgan fingerprint density at radius 2 is 1.63 bits per heavy atom. The zero-order valence-corrected chi connectivity index (χ0v) is 22.5. The number of para-hydroxylation sites is 1. The molecule has 0 saturated carbocycles. The molecule has 0 radical (unpaired) electrons. The van der Waals surface area contributed by atoms with Crippen LogP contribution in [0, 0.1) is 12.8 Å². The number of nitrogens with zero attached hydrogens (tertiary/aromatic N) is 3. The number of alkyl halides is 3. The molecule has 0 bridgehead atoms. The van der Waals surface area contributed by atoms with E-state index in [4.69, 9.17) is 5.10 Å². The summed E-state index contributed by atoms with van der Waals surface area (Å²) in [4.78, 5) is 27.5. The van der Waals surface area contributed by atoms with Gasteiger partial charge in [0.2, 0.25) is 5.91 Å². The molecule has 2 aromatic carbocycles. The molecule has 0 aliphatic carbocycles. The number of urea groups is 1. The van der Waals surface area contributed by atoms with Crippen molar-refractivity contribution in [2.24, 2.45) is 5.92 Å². The first-order valence-corrected chi connectivity index (χ1v) is 12.3. The fraction of sp³-hybridized carbons (Fsp3) is 0.393. The summed E-state index contributed by atoms with van der Waals surface area (Å²) in [7, 11) is 0. The van der Waals surface area contributed by atoms with Crippen LogP contribution in [-0.4, -0.2) is 39.7 Å². The lowest BCUT2D eigenvalue weighted by molar-refractivity contribution is -0.137. The minimum atomic E-state index is -4.47. The Morgan fingerprint density at radius 3 is 2.18 bits per heavy atom. The Kier molecular flexibility index (Phi) is 8.54. The first kappa shape index (κ1) is 28.7. The molecular formula is C28H34F3N5O2. The molecule has 1 aromatic heterocycles. The maximum atomic E-state index is 13.1. The maximum absolute atomic E-state index is 13.1. The number of nitrogens with one attached hydrogen (secondary N) is 2. The molecule has 1 heterocycles. The van der Waals surface area contributed by atoms with Gasteiger partial charge in [0.25, 0.3) is 0 Å². The molecule has 3 aromatic rings. The number of hydrogen-bond donors (Lipinski definition) is 2. The highest BCUT2D eigenvalue weighted by atomic mass is 19.4. The highest BCUT2D eigenvalue weighted by Crippen LogP contribution is 2.30. The number of carbonyl (C=O) groups excluding carboxylic acids is 2. The summed E-state index contributed by atoms with van der Waals surface area (Å²) in [5.74, 6) is 0.0939. The SMILES string of the molecule is Cc1ccccc1-n1nc(C(C)(C)C)cc1NC(=O)CN(CC(C)C)C(=O)Nc1ccc(C(F)(F)F)cc1. The Bertz CT molecular complexity index is 1270. The van der Waals surface area contributed by atoms with E-state index >= 15 is 0 Å². The lowest BCUT2D eigenvalue weighted by atomic mass is 9.92. The van der Waals surface area contributed by atoms with E-state index in [1.807, 2.05) is 71.9 Å². The molecule has 7 nitrogen and oxygen atoms in total. The van der Waals surface area contributed by atoms with Gasteiger partial charge in [-0.15, -0.1) is 0 Å². The zero-order chi connectivity index (χ0) is 28.3. The molecule has 0 fully saturated rings. The van der Waals surface area contributed by atoms with Crippen molar-refractivity contribution in [1.29, 1.82) is 0 Å². The van der Waals surface area contributed by atoms with Crippen molar-refractivity contribution in [3.63, 3.8) is 0 Å². The van der Waals surface area contributed by atoms with Crippen LogP contribution in [0.5, 0.6) is 0 Å². The lowest BCUT2D eigenvalue weighted by Crippen LogP contribution is -2.42. The summed E-state index contributed by atoms with van der Waals surface area (Å²) in [6, 6.07) is 13.1. The predicted octanol–water partition coefficient (Wildman–Crippen LogP) is 6.63. The molecule has 0 aliphatic rings. The second-order valence-electron chi connectivity index (χ2n) is 10.7. The van der Waals surface area contributed by atoms with Crippen LogP contribution in [0.15, 0.2) is 54.6 Å². The number of rotatable bonds is 7. The van der Waals surface area contributed by atoms with E-state index < -0.39 is 23.7 Å². The molecule has 0 atom stereocenters. The third kappa shape index (κ3) is 7.36. The van der Waals surface area contributed by atoms with Crippen molar-refractivity contribution < 1.29 is 22.8 Å². The van der Waals surface area contributed by atoms with Crippen LogP contribution in [0.2, 0.25) is 0 Å². The second kappa shape index (κ2) is 11.3. The molecule has 3 amide bonds. The van der Waals surface area contributed by atoms with Gasteiger partial charge in [0.05, 0.1) is 16.9 Å².